The number of halogens is 1. The van der Waals surface area contributed by atoms with Crippen molar-refractivity contribution >= 4 is 39.1 Å². The van der Waals surface area contributed by atoms with E-state index in [4.69, 9.17) is 21.1 Å². The minimum absolute atomic E-state index is 0.0171. The molecule has 4 aromatic rings. The first-order valence-corrected chi connectivity index (χ1v) is 18.1. The van der Waals surface area contributed by atoms with Crippen LogP contribution in [0, 0.1) is 6.92 Å². The molecule has 49 heavy (non-hydrogen) atoms. The summed E-state index contributed by atoms with van der Waals surface area (Å²) in [6.07, 6.45) is 4.03. The van der Waals surface area contributed by atoms with E-state index >= 15 is 0 Å². The van der Waals surface area contributed by atoms with E-state index < -0.39 is 28.5 Å². The maximum Gasteiger partial charge on any atom is 0.264 e. The molecule has 0 aromatic heterocycles. The lowest BCUT2D eigenvalue weighted by Gasteiger charge is -2.34. The third kappa shape index (κ3) is 8.93. The topological polar surface area (TPSA) is 105 Å². The van der Waals surface area contributed by atoms with Gasteiger partial charge in [0.1, 0.15) is 12.6 Å². The standard InChI is InChI=1S/C38H42ClN3O6S/c1-27-13-20-33(21-14-27)49(45,46)42(32-19-22-35(47-2)36(24-32)48-3)26-37(43)41(25-29-15-17-30(39)18-16-29)34(23-28-9-5-4-6-10-28)38(44)40-31-11-7-8-12-31/h4-6,9-10,13-22,24,31,34H,7-8,11-12,23,25-26H2,1-3H3,(H,40,44). The first kappa shape index (κ1) is 35.8. The molecule has 0 radical (unpaired) electrons. The summed E-state index contributed by atoms with van der Waals surface area (Å²) in [5.74, 6) is -0.131. The van der Waals surface area contributed by atoms with Crippen molar-refractivity contribution < 1.29 is 27.5 Å². The van der Waals surface area contributed by atoms with Gasteiger partial charge in [-0.15, -0.1) is 0 Å². The molecular formula is C38H42ClN3O6S. The molecule has 1 N–H and O–H groups in total. The van der Waals surface area contributed by atoms with Gasteiger partial charge in [-0.3, -0.25) is 13.9 Å². The predicted octanol–water partition coefficient (Wildman–Crippen LogP) is 6.56. The van der Waals surface area contributed by atoms with Crippen molar-refractivity contribution in [2.45, 2.75) is 62.6 Å². The Bertz CT molecular complexity index is 1830. The predicted molar refractivity (Wildman–Crippen MR) is 192 cm³/mol. The first-order chi connectivity index (χ1) is 23.6. The normalized spacial score (nSPS) is 13.8. The van der Waals surface area contributed by atoms with Gasteiger partial charge in [-0.1, -0.05) is 84.6 Å². The lowest BCUT2D eigenvalue weighted by molar-refractivity contribution is -0.140. The average molecular weight is 704 g/mol. The Labute approximate surface area is 293 Å². The van der Waals surface area contributed by atoms with E-state index in [1.807, 2.05) is 37.3 Å². The van der Waals surface area contributed by atoms with E-state index in [2.05, 4.69) is 5.32 Å². The highest BCUT2D eigenvalue weighted by atomic mass is 35.5. The van der Waals surface area contributed by atoms with Crippen molar-refractivity contribution in [3.05, 3.63) is 119 Å². The summed E-state index contributed by atoms with van der Waals surface area (Å²) >= 11 is 6.19. The number of anilines is 1. The number of amides is 2. The fourth-order valence-corrected chi connectivity index (χ4v) is 7.59. The van der Waals surface area contributed by atoms with Crippen LogP contribution in [-0.4, -0.2) is 58.0 Å². The number of methoxy groups -OCH3 is 2. The number of hydrogen-bond donors (Lipinski definition) is 1. The number of rotatable bonds is 14. The largest absolute Gasteiger partial charge is 0.493 e. The molecule has 0 spiro atoms. The van der Waals surface area contributed by atoms with Crippen molar-refractivity contribution in [3.8, 4) is 11.5 Å². The molecule has 0 saturated heterocycles. The second kappa shape index (κ2) is 16.2. The van der Waals surface area contributed by atoms with Gasteiger partial charge in [0.2, 0.25) is 11.8 Å². The Morgan fingerprint density at radius 2 is 1.51 bits per heavy atom. The lowest BCUT2D eigenvalue weighted by Crippen LogP contribution is -2.54. The zero-order chi connectivity index (χ0) is 35.0. The molecule has 0 aliphatic heterocycles. The molecule has 1 aliphatic rings. The minimum atomic E-state index is -4.27. The Hall–Kier alpha value is -4.54. The average Bonchev–Trinajstić information content (AvgIpc) is 3.62. The van der Waals surface area contributed by atoms with Crippen LogP contribution in [0.1, 0.15) is 42.4 Å². The number of carbonyl (C=O) groups excluding carboxylic acids is 2. The first-order valence-electron chi connectivity index (χ1n) is 16.3. The number of nitrogens with zero attached hydrogens (tertiary/aromatic N) is 2. The van der Waals surface area contributed by atoms with Gasteiger partial charge >= 0.3 is 0 Å². The number of ether oxygens (including phenoxy) is 2. The van der Waals surface area contributed by atoms with Gasteiger partial charge in [-0.25, -0.2) is 8.42 Å². The van der Waals surface area contributed by atoms with Crippen molar-refractivity contribution in [1.29, 1.82) is 0 Å². The van der Waals surface area contributed by atoms with Gasteiger partial charge in [0.15, 0.2) is 11.5 Å². The molecular weight excluding hydrogens is 662 g/mol. The van der Waals surface area contributed by atoms with Gasteiger partial charge in [0.05, 0.1) is 24.8 Å². The summed E-state index contributed by atoms with van der Waals surface area (Å²) in [5, 5.41) is 3.72. The van der Waals surface area contributed by atoms with Gasteiger partial charge in [-0.05, 0) is 67.3 Å². The number of hydrogen-bond acceptors (Lipinski definition) is 6. The zero-order valence-corrected chi connectivity index (χ0v) is 29.5. The quantitative estimate of drug-likeness (QED) is 0.160. The van der Waals surface area contributed by atoms with Gasteiger partial charge in [0.25, 0.3) is 10.0 Å². The third-order valence-corrected chi connectivity index (χ3v) is 10.8. The molecule has 0 heterocycles. The number of carbonyl (C=O) groups is 2. The highest BCUT2D eigenvalue weighted by Crippen LogP contribution is 2.34. The molecule has 0 bridgehead atoms. The molecule has 5 rings (SSSR count). The van der Waals surface area contributed by atoms with Crippen LogP contribution in [0.25, 0.3) is 0 Å². The number of nitrogens with one attached hydrogen (secondary N) is 1. The Balaban J connectivity index is 1.59. The monoisotopic (exact) mass is 703 g/mol. The maximum atomic E-state index is 14.7. The molecule has 1 fully saturated rings. The fraction of sp³-hybridized carbons (Fsp3) is 0.316. The van der Waals surface area contributed by atoms with Gasteiger partial charge in [0, 0.05) is 30.1 Å². The summed E-state index contributed by atoms with van der Waals surface area (Å²) in [6.45, 7) is 1.33. The lowest BCUT2D eigenvalue weighted by atomic mass is 10.0. The van der Waals surface area contributed by atoms with Crippen molar-refractivity contribution in [1.82, 2.24) is 10.2 Å². The van der Waals surface area contributed by atoms with Gasteiger partial charge < -0.3 is 19.7 Å². The van der Waals surface area contributed by atoms with Crippen molar-refractivity contribution in [3.63, 3.8) is 0 Å². The van der Waals surface area contributed by atoms with Crippen LogP contribution in [0.4, 0.5) is 5.69 Å². The summed E-state index contributed by atoms with van der Waals surface area (Å²) < 4.78 is 40.7. The molecule has 1 saturated carbocycles. The van der Waals surface area contributed by atoms with E-state index in [1.165, 1.54) is 37.3 Å². The van der Waals surface area contributed by atoms with E-state index in [9.17, 15) is 18.0 Å². The van der Waals surface area contributed by atoms with Crippen LogP contribution in [-0.2, 0) is 32.6 Å². The molecule has 2 amide bonds. The summed E-state index contributed by atoms with van der Waals surface area (Å²) in [6, 6.07) is 26.8. The highest BCUT2D eigenvalue weighted by molar-refractivity contribution is 7.92. The second-order valence-electron chi connectivity index (χ2n) is 12.2. The Morgan fingerprint density at radius 1 is 0.857 bits per heavy atom. The van der Waals surface area contributed by atoms with E-state index in [1.54, 1.807) is 48.5 Å². The van der Waals surface area contributed by atoms with Crippen LogP contribution in [0.5, 0.6) is 11.5 Å². The Kier molecular flexibility index (Phi) is 11.9. The van der Waals surface area contributed by atoms with Crippen LogP contribution >= 0.6 is 11.6 Å². The van der Waals surface area contributed by atoms with Crippen molar-refractivity contribution in [2.24, 2.45) is 0 Å². The zero-order valence-electron chi connectivity index (χ0n) is 28.0. The van der Waals surface area contributed by atoms with Crippen LogP contribution in [0.15, 0.2) is 102 Å². The summed E-state index contributed by atoms with van der Waals surface area (Å²) in [4.78, 5) is 30.4. The molecule has 1 atom stereocenters. The number of sulfonamides is 1. The van der Waals surface area contributed by atoms with Gasteiger partial charge in [-0.2, -0.15) is 0 Å². The number of aryl methyl sites for hydroxylation is 1. The molecule has 4 aromatic carbocycles. The second-order valence-corrected chi connectivity index (χ2v) is 14.5. The van der Waals surface area contributed by atoms with E-state index in [-0.39, 0.29) is 35.5 Å². The maximum absolute atomic E-state index is 14.7. The Morgan fingerprint density at radius 3 is 2.14 bits per heavy atom. The van der Waals surface area contributed by atoms with E-state index in [0.717, 1.165) is 46.7 Å². The van der Waals surface area contributed by atoms with Crippen LogP contribution in [0.2, 0.25) is 5.02 Å². The fourth-order valence-electron chi connectivity index (χ4n) is 6.05. The molecule has 9 nitrogen and oxygen atoms in total. The summed E-state index contributed by atoms with van der Waals surface area (Å²) in [7, 11) is -1.33. The number of benzene rings is 4. The smallest absolute Gasteiger partial charge is 0.264 e. The van der Waals surface area contributed by atoms with Crippen LogP contribution < -0.4 is 19.1 Å². The van der Waals surface area contributed by atoms with E-state index in [0.29, 0.717) is 16.5 Å². The van der Waals surface area contributed by atoms with Crippen molar-refractivity contribution in [2.75, 3.05) is 25.1 Å². The third-order valence-electron chi connectivity index (χ3n) is 8.78. The van der Waals surface area contributed by atoms with Crippen LogP contribution in [0.3, 0.4) is 0 Å². The molecule has 11 heteroatoms. The minimum Gasteiger partial charge on any atom is -0.493 e. The summed E-state index contributed by atoms with van der Waals surface area (Å²) in [5.41, 5.74) is 2.70. The molecule has 258 valence electrons. The SMILES string of the molecule is COc1ccc(N(CC(=O)N(Cc2ccc(Cl)cc2)C(Cc2ccccc2)C(=O)NC2CCCC2)S(=O)(=O)c2ccc(C)cc2)cc1OC. The highest BCUT2D eigenvalue weighted by Gasteiger charge is 2.36. The molecule has 1 aliphatic carbocycles. The molecule has 1 unspecified atom stereocenters.